The minimum absolute atomic E-state index is 0.384. The average Bonchev–Trinajstić information content (AvgIpc) is 3.30. The number of hydrogen-bond donors (Lipinski definition) is 0. The van der Waals surface area contributed by atoms with Crippen molar-refractivity contribution in [3.05, 3.63) is 66.0 Å². The number of anilines is 1. The topological polar surface area (TPSA) is 73.3 Å². The van der Waals surface area contributed by atoms with Crippen LogP contribution in [0.3, 0.4) is 0 Å². The second-order valence-corrected chi connectivity index (χ2v) is 6.91. The average molecular weight is 394 g/mol. The van der Waals surface area contributed by atoms with Crippen molar-refractivity contribution in [3.8, 4) is 0 Å². The van der Waals surface area contributed by atoms with E-state index >= 15 is 0 Å². The number of benzene rings is 2. The summed E-state index contributed by atoms with van der Waals surface area (Å²) in [6, 6.07) is 13.5. The van der Waals surface area contributed by atoms with E-state index in [0.717, 1.165) is 16.2 Å². The van der Waals surface area contributed by atoms with Gasteiger partial charge in [0.15, 0.2) is 0 Å². The van der Waals surface area contributed by atoms with E-state index in [9.17, 15) is 18.8 Å². The molecule has 0 saturated carbocycles. The molecule has 148 valence electrons. The van der Waals surface area contributed by atoms with E-state index in [2.05, 4.69) is 5.10 Å². The van der Waals surface area contributed by atoms with Crippen molar-refractivity contribution in [2.24, 2.45) is 5.10 Å². The number of rotatable bonds is 4. The van der Waals surface area contributed by atoms with Gasteiger partial charge in [0.25, 0.3) is 11.8 Å². The highest BCUT2D eigenvalue weighted by atomic mass is 19.1. The third-order valence-corrected chi connectivity index (χ3v) is 5.04. The maximum Gasteiger partial charge on any atom is 0.332 e. The van der Waals surface area contributed by atoms with Crippen LogP contribution in [0.15, 0.2) is 59.7 Å². The fourth-order valence-electron chi connectivity index (χ4n) is 3.49. The fraction of sp³-hybridized carbons (Fsp3) is 0.238. The molecule has 0 aromatic heterocycles. The molecule has 8 heteroatoms. The summed E-state index contributed by atoms with van der Waals surface area (Å²) in [5.74, 6) is -1.34. The maximum atomic E-state index is 13.2. The normalized spacial score (nSPS) is 19.2. The van der Waals surface area contributed by atoms with Crippen LogP contribution in [0.1, 0.15) is 18.9 Å². The van der Waals surface area contributed by atoms with Crippen molar-refractivity contribution in [2.75, 3.05) is 18.0 Å². The van der Waals surface area contributed by atoms with E-state index in [1.807, 2.05) is 30.3 Å². The molecule has 2 heterocycles. The third kappa shape index (κ3) is 3.49. The Bertz CT molecular complexity index is 991. The highest BCUT2D eigenvalue weighted by Crippen LogP contribution is 2.26. The van der Waals surface area contributed by atoms with Gasteiger partial charge in [-0.15, -0.1) is 0 Å². The van der Waals surface area contributed by atoms with Crippen LogP contribution in [0.5, 0.6) is 0 Å². The molecule has 0 radical (unpaired) electrons. The Kier molecular flexibility index (Phi) is 4.84. The van der Waals surface area contributed by atoms with Gasteiger partial charge in [-0.1, -0.05) is 30.3 Å². The van der Waals surface area contributed by atoms with E-state index < -0.39 is 29.7 Å². The first-order valence-corrected chi connectivity index (χ1v) is 9.29. The number of hydrogen-bond acceptors (Lipinski definition) is 4. The van der Waals surface area contributed by atoms with E-state index in [1.165, 1.54) is 34.2 Å². The lowest BCUT2D eigenvalue weighted by molar-refractivity contribution is -0.136. The van der Waals surface area contributed by atoms with Crippen LogP contribution in [0.4, 0.5) is 14.9 Å². The van der Waals surface area contributed by atoms with E-state index in [1.54, 1.807) is 6.92 Å². The molecule has 2 aliphatic rings. The van der Waals surface area contributed by atoms with Gasteiger partial charge >= 0.3 is 6.03 Å². The largest absolute Gasteiger partial charge is 0.332 e. The van der Waals surface area contributed by atoms with Crippen LogP contribution in [0, 0.1) is 5.82 Å². The predicted molar refractivity (Wildman–Crippen MR) is 105 cm³/mol. The van der Waals surface area contributed by atoms with Crippen molar-refractivity contribution >= 4 is 29.2 Å². The Morgan fingerprint density at radius 2 is 1.79 bits per heavy atom. The molecule has 2 aromatic rings. The van der Waals surface area contributed by atoms with Crippen LogP contribution < -0.4 is 4.90 Å². The Balaban J connectivity index is 1.48. The van der Waals surface area contributed by atoms with Crippen molar-refractivity contribution in [1.29, 1.82) is 0 Å². The van der Waals surface area contributed by atoms with Gasteiger partial charge in [0.05, 0.1) is 12.3 Å². The van der Waals surface area contributed by atoms with Gasteiger partial charge in [-0.05, 0) is 36.8 Å². The molecule has 1 saturated heterocycles. The molecular formula is C21H19FN4O3. The molecule has 4 amide bonds. The molecule has 0 N–H and O–H groups in total. The molecule has 1 atom stereocenters. The number of carbonyl (C=O) groups is 3. The van der Waals surface area contributed by atoms with Gasteiger partial charge in [-0.3, -0.25) is 19.4 Å². The number of halogens is 1. The van der Waals surface area contributed by atoms with Crippen LogP contribution in [0.2, 0.25) is 0 Å². The zero-order valence-corrected chi connectivity index (χ0v) is 15.8. The SMILES string of the molecule is CC1C(=O)N(CC(=O)N2CCC(c3ccccc3)=N2)C(=O)N1c1ccc(F)cc1. The maximum absolute atomic E-state index is 13.2. The minimum atomic E-state index is -0.775. The predicted octanol–water partition coefficient (Wildman–Crippen LogP) is 2.62. The summed E-state index contributed by atoms with van der Waals surface area (Å²) in [4.78, 5) is 40.2. The molecule has 4 rings (SSSR count). The summed E-state index contributed by atoms with van der Waals surface area (Å²) in [6.45, 7) is 1.59. The van der Waals surface area contributed by atoms with Crippen LogP contribution in [-0.2, 0) is 9.59 Å². The number of imide groups is 1. The summed E-state index contributed by atoms with van der Waals surface area (Å²) in [5.41, 5.74) is 2.13. The summed E-state index contributed by atoms with van der Waals surface area (Å²) < 4.78 is 13.2. The van der Waals surface area contributed by atoms with Crippen LogP contribution >= 0.6 is 0 Å². The van der Waals surface area contributed by atoms with Gasteiger partial charge in [0, 0.05) is 12.1 Å². The quantitative estimate of drug-likeness (QED) is 0.749. The van der Waals surface area contributed by atoms with Crippen molar-refractivity contribution in [3.63, 3.8) is 0 Å². The summed E-state index contributed by atoms with van der Waals surface area (Å²) in [5, 5.41) is 5.65. The van der Waals surface area contributed by atoms with Crippen LogP contribution in [0.25, 0.3) is 0 Å². The first-order valence-electron chi connectivity index (χ1n) is 9.29. The van der Waals surface area contributed by atoms with E-state index in [4.69, 9.17) is 0 Å². The van der Waals surface area contributed by atoms with Crippen molar-refractivity contribution < 1.29 is 18.8 Å². The van der Waals surface area contributed by atoms with Gasteiger partial charge in [0.1, 0.15) is 18.4 Å². The Morgan fingerprint density at radius 3 is 2.48 bits per heavy atom. The zero-order chi connectivity index (χ0) is 20.5. The summed E-state index contributed by atoms with van der Waals surface area (Å²) >= 11 is 0. The number of urea groups is 1. The fourth-order valence-corrected chi connectivity index (χ4v) is 3.49. The zero-order valence-electron chi connectivity index (χ0n) is 15.8. The standard InChI is InChI=1S/C21H19FN4O3/c1-14-20(28)24(21(29)26(14)17-9-7-16(22)8-10-17)13-19(27)25-12-11-18(23-25)15-5-3-2-4-6-15/h2-10,14H,11-13H2,1H3. The highest BCUT2D eigenvalue weighted by Gasteiger charge is 2.44. The number of amides is 4. The highest BCUT2D eigenvalue weighted by molar-refractivity contribution is 6.15. The lowest BCUT2D eigenvalue weighted by Gasteiger charge is -2.20. The Labute approximate surface area is 167 Å². The van der Waals surface area contributed by atoms with Crippen molar-refractivity contribution in [1.82, 2.24) is 9.91 Å². The van der Waals surface area contributed by atoms with Crippen molar-refractivity contribution in [2.45, 2.75) is 19.4 Å². The number of nitrogens with zero attached hydrogens (tertiary/aromatic N) is 4. The van der Waals surface area contributed by atoms with E-state index in [0.29, 0.717) is 18.7 Å². The summed E-state index contributed by atoms with van der Waals surface area (Å²) in [6.07, 6.45) is 0.607. The summed E-state index contributed by atoms with van der Waals surface area (Å²) in [7, 11) is 0. The second-order valence-electron chi connectivity index (χ2n) is 6.91. The smallest absolute Gasteiger partial charge is 0.282 e. The Hall–Kier alpha value is -3.55. The second kappa shape index (κ2) is 7.46. The molecule has 1 fully saturated rings. The number of hydrazone groups is 1. The molecule has 2 aromatic carbocycles. The van der Waals surface area contributed by atoms with Crippen LogP contribution in [-0.4, -0.2) is 52.6 Å². The van der Waals surface area contributed by atoms with E-state index in [-0.39, 0.29) is 6.54 Å². The van der Waals surface area contributed by atoms with Gasteiger partial charge in [-0.25, -0.2) is 14.2 Å². The lowest BCUT2D eigenvalue weighted by atomic mass is 10.1. The van der Waals surface area contributed by atoms with Gasteiger partial charge < -0.3 is 0 Å². The molecule has 7 nitrogen and oxygen atoms in total. The molecule has 0 spiro atoms. The molecule has 2 aliphatic heterocycles. The monoisotopic (exact) mass is 394 g/mol. The first-order chi connectivity index (χ1) is 14.0. The number of carbonyl (C=O) groups excluding carboxylic acids is 3. The third-order valence-electron chi connectivity index (χ3n) is 5.04. The van der Waals surface area contributed by atoms with Gasteiger partial charge in [0.2, 0.25) is 0 Å². The minimum Gasteiger partial charge on any atom is -0.282 e. The lowest BCUT2D eigenvalue weighted by Crippen LogP contribution is -2.41. The Morgan fingerprint density at radius 1 is 1.10 bits per heavy atom. The first kappa shape index (κ1) is 18.8. The molecule has 0 aliphatic carbocycles. The molecule has 29 heavy (non-hydrogen) atoms. The molecule has 0 bridgehead atoms. The van der Waals surface area contributed by atoms with Gasteiger partial charge in [-0.2, -0.15) is 5.10 Å². The molecule has 1 unspecified atom stereocenters. The molecular weight excluding hydrogens is 375 g/mol.